The van der Waals surface area contributed by atoms with Crippen LogP contribution in [0.5, 0.6) is 0 Å². The molecule has 4 heteroatoms. The summed E-state index contributed by atoms with van der Waals surface area (Å²) in [5.41, 5.74) is 19.5. The van der Waals surface area contributed by atoms with Crippen LogP contribution in [-0.2, 0) is 47.6 Å². The summed E-state index contributed by atoms with van der Waals surface area (Å²) in [6, 6.07) is 99.0. The Bertz CT molecular complexity index is 4930. The lowest BCUT2D eigenvalue weighted by Gasteiger charge is -2.29. The van der Waals surface area contributed by atoms with E-state index < -0.39 is 10.8 Å². The van der Waals surface area contributed by atoms with Crippen molar-refractivity contribution in [3.8, 4) is 0 Å². The molecule has 12 aromatic rings. The fourth-order valence-electron chi connectivity index (χ4n) is 17.6. The first-order chi connectivity index (χ1) is 46.9. The highest BCUT2D eigenvalue weighted by Crippen LogP contribution is 2.55. The third kappa shape index (κ3) is 10.1. The topological polar surface area (TPSA) is 12.5 Å². The average Bonchev–Trinajstić information content (AvgIpc) is 1.59. The first-order valence-electron chi connectivity index (χ1n) is 34.4. The van der Waals surface area contributed by atoms with Gasteiger partial charge in [-0.3, -0.25) is 0 Å². The zero-order valence-electron chi connectivity index (χ0n) is 56.1. The van der Waals surface area contributed by atoms with Crippen LogP contribution in [0.1, 0.15) is 85.0 Å². The van der Waals surface area contributed by atoms with Crippen LogP contribution < -0.4 is 9.80 Å². The summed E-state index contributed by atoms with van der Waals surface area (Å²) >= 11 is 0. The standard InChI is InChI=1S/C92H82N4/c1-89(83(95(63-67-35-15-9-16-36-67)79-57-53-71-41-21-25-45-75(71)87(79)89)49-29-47-81-91(3,61-65-31-11-7-12-32-65)85-73-43-23-19-39-69(73)51-55-77(85)93(81)5)59-27-28-60-90(2)84(96(64-68-37-17-10-18-38-68)80-58-54-72-42-22-26-46-76(72)88(80)90)50-30-48-82-92(4,62-66-33-13-8-14-34-66)86-74-44-24-20-40-70(74)52-56-78(86)94(82)6/h7-58H,59-64H2,1-6H3/q+2/b28-27-. The van der Waals surface area contributed by atoms with Crippen LogP contribution >= 0.6 is 0 Å². The molecule has 0 aromatic heterocycles. The van der Waals surface area contributed by atoms with E-state index in [4.69, 9.17) is 0 Å². The molecule has 0 radical (unpaired) electrons. The third-order valence-corrected chi connectivity index (χ3v) is 22.1. The SMILES string of the molecule is CN1/C(=C/C=C/C2=[N+](Cc3ccccc3)c3ccc4ccccc4c3C2(C)C/C=C\CC2(C)C(/C=C/C=C3/N(C)c4ccc5ccccc5c4C3(C)Cc3ccccc3)=[N+](Cc3ccccc3)c3ccc4ccccc4c32)C(C)(Cc2ccccc2)c2c1ccc1ccccc21. The smallest absolute Gasteiger partial charge is 0.210 e. The lowest BCUT2D eigenvalue weighted by molar-refractivity contribution is -0.455. The molecule has 0 bridgehead atoms. The van der Waals surface area contributed by atoms with Gasteiger partial charge in [0, 0.05) is 94.2 Å². The lowest BCUT2D eigenvalue weighted by atomic mass is 9.72. The Morgan fingerprint density at radius 2 is 0.615 bits per heavy atom. The van der Waals surface area contributed by atoms with Crippen molar-refractivity contribution in [1.82, 2.24) is 0 Å². The van der Waals surface area contributed by atoms with Gasteiger partial charge in [-0.05, 0) is 155 Å². The molecule has 0 aliphatic carbocycles. The first-order valence-corrected chi connectivity index (χ1v) is 34.4. The maximum atomic E-state index is 2.63. The molecule has 0 amide bonds. The van der Waals surface area contributed by atoms with E-state index in [9.17, 15) is 0 Å². The lowest BCUT2D eigenvalue weighted by Crippen LogP contribution is -2.32. The van der Waals surface area contributed by atoms with E-state index in [1.54, 1.807) is 0 Å². The molecular formula is C92H82N4+2. The van der Waals surface area contributed by atoms with Crippen molar-refractivity contribution in [2.75, 3.05) is 23.9 Å². The minimum atomic E-state index is -0.424. The minimum Gasteiger partial charge on any atom is -0.347 e. The summed E-state index contributed by atoms with van der Waals surface area (Å²) in [7, 11) is 4.54. The fourth-order valence-corrected chi connectivity index (χ4v) is 17.6. The Labute approximate surface area is 566 Å². The van der Waals surface area contributed by atoms with E-state index in [2.05, 4.69) is 376 Å². The molecule has 0 saturated heterocycles. The normalized spacial score (nSPS) is 21.4. The Morgan fingerprint density at radius 1 is 0.312 bits per heavy atom. The first kappa shape index (κ1) is 60.3. The second-order valence-corrected chi connectivity index (χ2v) is 28.1. The summed E-state index contributed by atoms with van der Waals surface area (Å²) in [6.07, 6.45) is 23.0. The van der Waals surface area contributed by atoms with Gasteiger partial charge in [-0.1, -0.05) is 255 Å². The van der Waals surface area contributed by atoms with Gasteiger partial charge in [0.1, 0.15) is 0 Å². The average molecular weight is 1240 g/mol. The maximum Gasteiger partial charge on any atom is 0.210 e. The molecule has 4 aliphatic rings. The van der Waals surface area contributed by atoms with Gasteiger partial charge in [-0.2, -0.15) is 9.15 Å². The monoisotopic (exact) mass is 1240 g/mol. The highest BCUT2D eigenvalue weighted by Gasteiger charge is 2.51. The van der Waals surface area contributed by atoms with Crippen molar-refractivity contribution in [1.29, 1.82) is 0 Å². The van der Waals surface area contributed by atoms with E-state index >= 15 is 0 Å². The van der Waals surface area contributed by atoms with Crippen LogP contribution in [0.2, 0.25) is 0 Å². The summed E-state index contributed by atoms with van der Waals surface area (Å²) in [4.78, 5) is 4.92. The summed E-state index contributed by atoms with van der Waals surface area (Å²) in [5.74, 6) is 0. The molecule has 468 valence electrons. The second-order valence-electron chi connectivity index (χ2n) is 28.1. The molecule has 4 heterocycles. The van der Waals surface area contributed by atoms with Crippen molar-refractivity contribution >= 4 is 77.3 Å². The van der Waals surface area contributed by atoms with Gasteiger partial charge in [0.15, 0.2) is 24.5 Å². The highest BCUT2D eigenvalue weighted by atomic mass is 15.2. The molecular weight excluding hydrogens is 1160 g/mol. The maximum absolute atomic E-state index is 2.63. The fraction of sp³-hybridized carbons (Fsp3) is 0.174. The van der Waals surface area contributed by atoms with Crippen LogP contribution in [0, 0.1) is 0 Å². The number of fused-ring (bicyclic) bond motifs is 12. The van der Waals surface area contributed by atoms with E-state index in [-0.39, 0.29) is 10.8 Å². The van der Waals surface area contributed by atoms with Crippen LogP contribution in [-0.4, -0.2) is 34.7 Å². The molecule has 0 N–H and O–H groups in total. The van der Waals surface area contributed by atoms with Crippen molar-refractivity contribution in [3.05, 3.63) is 371 Å². The van der Waals surface area contributed by atoms with Gasteiger partial charge in [-0.25, -0.2) is 0 Å². The molecule has 12 aromatic carbocycles. The number of likely N-dealkylation sites (N-methyl/N-ethyl adjacent to an activating group) is 2. The van der Waals surface area contributed by atoms with Crippen LogP contribution in [0.15, 0.2) is 327 Å². The van der Waals surface area contributed by atoms with Crippen molar-refractivity contribution in [2.45, 2.75) is 88.1 Å². The zero-order valence-corrected chi connectivity index (χ0v) is 56.1. The van der Waals surface area contributed by atoms with Gasteiger partial charge in [-0.15, -0.1) is 0 Å². The molecule has 96 heavy (non-hydrogen) atoms. The molecule has 0 fully saturated rings. The van der Waals surface area contributed by atoms with E-state index in [0.29, 0.717) is 0 Å². The molecule has 4 unspecified atom stereocenters. The van der Waals surface area contributed by atoms with Crippen LogP contribution in [0.4, 0.5) is 22.7 Å². The minimum absolute atomic E-state index is 0.304. The van der Waals surface area contributed by atoms with Gasteiger partial charge in [0.2, 0.25) is 11.4 Å². The number of nitrogens with zero attached hydrogens (tertiary/aromatic N) is 4. The molecule has 4 aliphatic heterocycles. The Morgan fingerprint density at radius 3 is 0.969 bits per heavy atom. The van der Waals surface area contributed by atoms with Crippen molar-refractivity contribution < 1.29 is 9.15 Å². The Kier molecular flexibility index (Phi) is 15.2. The van der Waals surface area contributed by atoms with Crippen LogP contribution in [0.3, 0.4) is 0 Å². The predicted octanol–water partition coefficient (Wildman–Crippen LogP) is 21.6. The quantitative estimate of drug-likeness (QED) is 0.0706. The van der Waals surface area contributed by atoms with E-state index in [0.717, 1.165) is 38.8 Å². The van der Waals surface area contributed by atoms with Crippen LogP contribution in [0.25, 0.3) is 43.1 Å². The third-order valence-electron chi connectivity index (χ3n) is 22.1. The number of rotatable bonds is 16. The number of hydrogen-bond acceptors (Lipinski definition) is 2. The van der Waals surface area contributed by atoms with Crippen molar-refractivity contribution in [2.24, 2.45) is 0 Å². The second kappa shape index (κ2) is 24.3. The van der Waals surface area contributed by atoms with Crippen molar-refractivity contribution in [3.63, 3.8) is 0 Å². The molecule has 0 saturated carbocycles. The number of allylic oxidation sites excluding steroid dienone is 10. The number of anilines is 2. The van der Waals surface area contributed by atoms with Gasteiger partial charge < -0.3 is 9.80 Å². The van der Waals surface area contributed by atoms with Gasteiger partial charge in [0.25, 0.3) is 0 Å². The van der Waals surface area contributed by atoms with E-state index in [1.165, 1.54) is 133 Å². The number of benzene rings is 12. The zero-order chi connectivity index (χ0) is 65.2. The number of hydrogen-bond donors (Lipinski definition) is 0. The summed E-state index contributed by atoms with van der Waals surface area (Å²) < 4.78 is 5.26. The van der Waals surface area contributed by atoms with E-state index in [1.807, 2.05) is 0 Å². The molecule has 0 spiro atoms. The molecule has 4 atom stereocenters. The Hall–Kier alpha value is -10.7. The molecule has 4 nitrogen and oxygen atoms in total. The predicted molar refractivity (Wildman–Crippen MR) is 405 cm³/mol. The largest absolute Gasteiger partial charge is 0.347 e. The molecule has 16 rings (SSSR count). The summed E-state index contributed by atoms with van der Waals surface area (Å²) in [5, 5.41) is 10.3. The summed E-state index contributed by atoms with van der Waals surface area (Å²) in [6.45, 7) is 11.5. The highest BCUT2D eigenvalue weighted by molar-refractivity contribution is 6.10. The van der Waals surface area contributed by atoms with Gasteiger partial charge >= 0.3 is 0 Å². The van der Waals surface area contributed by atoms with Gasteiger partial charge in [0.05, 0.1) is 10.8 Å². The Balaban J connectivity index is 0.824.